The Hall–Kier alpha value is -1.22. The molecule has 0 aliphatic carbocycles. The molecule has 0 aromatic heterocycles. The van der Waals surface area contributed by atoms with Crippen molar-refractivity contribution in [3.8, 4) is 0 Å². The molecule has 0 N–H and O–H groups in total. The van der Waals surface area contributed by atoms with E-state index in [0.29, 0.717) is 5.56 Å². The SMILES string of the molecule is O=C1c2ccccc2C=CS1=O. The largest absolute Gasteiger partial charge is 0.278 e. The third-order valence-corrected chi connectivity index (χ3v) is 2.70. The second-order valence-corrected chi connectivity index (χ2v) is 3.71. The molecule has 0 saturated heterocycles. The molecule has 2 nitrogen and oxygen atoms in total. The van der Waals surface area contributed by atoms with E-state index in [-0.39, 0.29) is 5.12 Å². The molecule has 60 valence electrons. The van der Waals surface area contributed by atoms with Crippen molar-refractivity contribution >= 4 is 22.0 Å². The zero-order chi connectivity index (χ0) is 8.55. The molecule has 0 fully saturated rings. The van der Waals surface area contributed by atoms with E-state index in [2.05, 4.69) is 0 Å². The lowest BCUT2D eigenvalue weighted by atomic mass is 10.1. The van der Waals surface area contributed by atoms with E-state index in [1.54, 1.807) is 18.2 Å². The normalized spacial score (nSPS) is 20.7. The zero-order valence-electron chi connectivity index (χ0n) is 6.19. The maximum atomic E-state index is 11.3. The summed E-state index contributed by atoms with van der Waals surface area (Å²) in [6.07, 6.45) is 1.72. The predicted molar refractivity (Wildman–Crippen MR) is 47.9 cm³/mol. The van der Waals surface area contributed by atoms with Crippen molar-refractivity contribution in [3.05, 3.63) is 40.8 Å². The van der Waals surface area contributed by atoms with E-state index in [1.165, 1.54) is 5.41 Å². The van der Waals surface area contributed by atoms with Gasteiger partial charge in [0.15, 0.2) is 0 Å². The highest BCUT2D eigenvalue weighted by molar-refractivity contribution is 8.03. The first kappa shape index (κ1) is 7.43. The van der Waals surface area contributed by atoms with Crippen LogP contribution in [0.25, 0.3) is 6.08 Å². The zero-order valence-corrected chi connectivity index (χ0v) is 7.01. The van der Waals surface area contributed by atoms with Crippen molar-refractivity contribution in [2.75, 3.05) is 0 Å². The average molecular weight is 178 g/mol. The lowest BCUT2D eigenvalue weighted by molar-refractivity contribution is 0.108. The molecule has 1 unspecified atom stereocenters. The molecule has 2 rings (SSSR count). The summed E-state index contributed by atoms with van der Waals surface area (Å²) in [7, 11) is -1.47. The molecule has 1 aliphatic heterocycles. The van der Waals surface area contributed by atoms with Gasteiger partial charge in [-0.05, 0) is 17.7 Å². The Bertz CT molecular complexity index is 393. The fraction of sp³-hybridized carbons (Fsp3) is 0. The number of hydrogen-bond acceptors (Lipinski definition) is 2. The molecule has 0 spiro atoms. The summed E-state index contributed by atoms with van der Waals surface area (Å²) in [5.74, 6) is 0. The standard InChI is InChI=1S/C9H6O2S/c10-9-8-4-2-1-3-7(8)5-6-12(9)11/h1-6H. The van der Waals surface area contributed by atoms with Crippen LogP contribution in [-0.2, 0) is 10.8 Å². The number of rotatable bonds is 0. The van der Waals surface area contributed by atoms with Gasteiger partial charge in [-0.15, -0.1) is 0 Å². The second kappa shape index (κ2) is 2.68. The number of benzene rings is 1. The van der Waals surface area contributed by atoms with Crippen LogP contribution in [-0.4, -0.2) is 9.32 Å². The predicted octanol–water partition coefficient (Wildman–Crippen LogP) is 1.56. The Morgan fingerprint density at radius 1 is 1.17 bits per heavy atom. The van der Waals surface area contributed by atoms with Gasteiger partial charge in [0.05, 0.1) is 0 Å². The molecular weight excluding hydrogens is 172 g/mol. The van der Waals surface area contributed by atoms with E-state index >= 15 is 0 Å². The molecule has 3 heteroatoms. The van der Waals surface area contributed by atoms with Crippen LogP contribution in [0.2, 0.25) is 0 Å². The fourth-order valence-corrected chi connectivity index (χ4v) is 1.93. The first-order chi connectivity index (χ1) is 5.79. The van der Waals surface area contributed by atoms with Crippen LogP contribution in [0.4, 0.5) is 0 Å². The summed E-state index contributed by atoms with van der Waals surface area (Å²) in [6.45, 7) is 0. The Morgan fingerprint density at radius 3 is 2.75 bits per heavy atom. The van der Waals surface area contributed by atoms with Gasteiger partial charge in [0.1, 0.15) is 10.8 Å². The average Bonchev–Trinajstić information content (AvgIpc) is 2.12. The van der Waals surface area contributed by atoms with E-state index in [9.17, 15) is 9.00 Å². The van der Waals surface area contributed by atoms with Gasteiger partial charge in [0, 0.05) is 11.0 Å². The minimum absolute atomic E-state index is 0.298. The Balaban J connectivity index is 2.67. The van der Waals surface area contributed by atoms with Crippen LogP contribution >= 0.6 is 0 Å². The number of fused-ring (bicyclic) bond motifs is 1. The summed E-state index contributed by atoms with van der Waals surface area (Å²) in [4.78, 5) is 11.3. The Labute approximate surface area is 72.4 Å². The highest BCUT2D eigenvalue weighted by Crippen LogP contribution is 2.18. The van der Waals surface area contributed by atoms with Crippen molar-refractivity contribution < 1.29 is 9.00 Å². The summed E-state index contributed by atoms with van der Waals surface area (Å²) < 4.78 is 11.0. The summed E-state index contributed by atoms with van der Waals surface area (Å²) >= 11 is 0. The lowest BCUT2D eigenvalue weighted by Crippen LogP contribution is -2.09. The highest BCUT2D eigenvalue weighted by atomic mass is 32.2. The molecule has 1 aromatic rings. The lowest BCUT2D eigenvalue weighted by Gasteiger charge is -2.06. The molecule has 0 amide bonds. The topological polar surface area (TPSA) is 34.1 Å². The monoisotopic (exact) mass is 178 g/mol. The molecule has 0 saturated carbocycles. The number of carbonyl (C=O) groups excluding carboxylic acids is 1. The van der Waals surface area contributed by atoms with Crippen LogP contribution < -0.4 is 0 Å². The van der Waals surface area contributed by atoms with Crippen molar-refractivity contribution in [1.82, 2.24) is 0 Å². The summed E-state index contributed by atoms with van der Waals surface area (Å²) in [5, 5.41) is 1.12. The minimum Gasteiger partial charge on any atom is -0.278 e. The smallest absolute Gasteiger partial charge is 0.253 e. The number of hydrogen-bond donors (Lipinski definition) is 0. The quantitative estimate of drug-likeness (QED) is 0.604. The molecule has 1 aromatic carbocycles. The van der Waals surface area contributed by atoms with E-state index in [1.807, 2.05) is 12.1 Å². The van der Waals surface area contributed by atoms with E-state index in [4.69, 9.17) is 0 Å². The van der Waals surface area contributed by atoms with Gasteiger partial charge in [-0.3, -0.25) is 4.79 Å². The van der Waals surface area contributed by atoms with Crippen molar-refractivity contribution in [2.45, 2.75) is 0 Å². The Kier molecular flexibility index (Phi) is 1.66. The van der Waals surface area contributed by atoms with E-state index in [0.717, 1.165) is 5.56 Å². The molecular formula is C9H6O2S. The molecule has 0 radical (unpaired) electrons. The highest BCUT2D eigenvalue weighted by Gasteiger charge is 2.18. The Morgan fingerprint density at radius 2 is 1.92 bits per heavy atom. The third kappa shape index (κ3) is 1.02. The van der Waals surface area contributed by atoms with Gasteiger partial charge in [-0.2, -0.15) is 0 Å². The second-order valence-electron chi connectivity index (χ2n) is 2.47. The van der Waals surface area contributed by atoms with Gasteiger partial charge in [-0.1, -0.05) is 18.2 Å². The summed E-state index contributed by atoms with van der Waals surface area (Å²) in [5.41, 5.74) is 1.40. The van der Waals surface area contributed by atoms with Gasteiger partial charge >= 0.3 is 0 Å². The third-order valence-electron chi connectivity index (χ3n) is 1.73. The molecule has 12 heavy (non-hydrogen) atoms. The van der Waals surface area contributed by atoms with Crippen LogP contribution in [0.3, 0.4) is 0 Å². The van der Waals surface area contributed by atoms with E-state index < -0.39 is 10.8 Å². The molecule has 1 heterocycles. The first-order valence-corrected chi connectivity index (χ1v) is 4.72. The fourth-order valence-electron chi connectivity index (χ4n) is 1.13. The maximum Gasteiger partial charge on any atom is 0.253 e. The van der Waals surface area contributed by atoms with Crippen molar-refractivity contribution in [1.29, 1.82) is 0 Å². The van der Waals surface area contributed by atoms with Crippen LogP contribution in [0, 0.1) is 0 Å². The van der Waals surface area contributed by atoms with Gasteiger partial charge in [0.2, 0.25) is 0 Å². The van der Waals surface area contributed by atoms with Gasteiger partial charge in [0.25, 0.3) is 5.12 Å². The van der Waals surface area contributed by atoms with Crippen molar-refractivity contribution in [2.24, 2.45) is 0 Å². The minimum atomic E-state index is -1.47. The van der Waals surface area contributed by atoms with Crippen LogP contribution in [0.5, 0.6) is 0 Å². The molecule has 1 atom stereocenters. The van der Waals surface area contributed by atoms with Crippen LogP contribution in [0.1, 0.15) is 15.9 Å². The van der Waals surface area contributed by atoms with Gasteiger partial charge in [-0.25, -0.2) is 4.21 Å². The summed E-state index contributed by atoms with van der Waals surface area (Å²) in [6, 6.07) is 7.15. The molecule has 0 bridgehead atoms. The molecule has 1 aliphatic rings. The van der Waals surface area contributed by atoms with Crippen LogP contribution in [0.15, 0.2) is 29.7 Å². The van der Waals surface area contributed by atoms with Gasteiger partial charge < -0.3 is 0 Å². The number of carbonyl (C=O) groups is 1. The first-order valence-electron chi connectivity index (χ1n) is 3.51. The maximum absolute atomic E-state index is 11.3. The van der Waals surface area contributed by atoms with Crippen molar-refractivity contribution in [3.63, 3.8) is 0 Å².